The molecular weight excluding hydrogens is 312 g/mol. The van der Waals surface area contributed by atoms with Gasteiger partial charge >= 0.3 is 0 Å². The topological polar surface area (TPSA) is 45.2 Å². The number of piperidine rings is 1. The highest BCUT2D eigenvalue weighted by Gasteiger charge is 2.21. The van der Waals surface area contributed by atoms with Crippen molar-refractivity contribution in [1.82, 2.24) is 15.2 Å². The molecule has 4 nitrogen and oxygen atoms in total. The molecule has 2 aromatic rings. The molecule has 0 radical (unpaired) electrons. The predicted molar refractivity (Wildman–Crippen MR) is 86.5 cm³/mol. The minimum absolute atomic E-state index is 0.122. The molecule has 1 aromatic carbocycles. The zero-order valence-corrected chi connectivity index (χ0v) is 13.2. The molecular formula is C18H19F2N3O. The molecule has 0 bridgehead atoms. The number of aromatic nitrogens is 1. The van der Waals surface area contributed by atoms with Crippen LogP contribution in [0.3, 0.4) is 0 Å². The lowest BCUT2D eigenvalue weighted by Gasteiger charge is -2.31. The average molecular weight is 331 g/mol. The number of nitrogens with zero attached hydrogens (tertiary/aromatic N) is 2. The monoisotopic (exact) mass is 331 g/mol. The Balaban J connectivity index is 1.48. The van der Waals surface area contributed by atoms with Gasteiger partial charge in [0.25, 0.3) is 5.91 Å². The molecule has 1 aliphatic rings. The van der Waals surface area contributed by atoms with Crippen LogP contribution in [0, 0.1) is 11.6 Å². The molecule has 0 aliphatic carbocycles. The Morgan fingerprint density at radius 1 is 1.17 bits per heavy atom. The normalized spacial score (nSPS) is 16.1. The van der Waals surface area contributed by atoms with Crippen LogP contribution in [0.4, 0.5) is 8.78 Å². The van der Waals surface area contributed by atoms with Crippen molar-refractivity contribution in [3.05, 3.63) is 65.5 Å². The second-order valence-corrected chi connectivity index (χ2v) is 5.94. The first kappa shape index (κ1) is 16.5. The number of hydrogen-bond donors (Lipinski definition) is 1. The van der Waals surface area contributed by atoms with Crippen LogP contribution >= 0.6 is 0 Å². The van der Waals surface area contributed by atoms with Gasteiger partial charge in [0.05, 0.1) is 6.67 Å². The third kappa shape index (κ3) is 3.94. The number of halogens is 2. The molecule has 1 fully saturated rings. The summed E-state index contributed by atoms with van der Waals surface area (Å²) in [5.41, 5.74) is 1.24. The van der Waals surface area contributed by atoms with Gasteiger partial charge in [-0.25, -0.2) is 8.78 Å². The molecule has 1 aromatic heterocycles. The maximum Gasteiger partial charge on any atom is 0.252 e. The van der Waals surface area contributed by atoms with Crippen LogP contribution in [-0.4, -0.2) is 35.5 Å². The van der Waals surface area contributed by atoms with Crippen molar-refractivity contribution < 1.29 is 13.6 Å². The Morgan fingerprint density at radius 2 is 1.96 bits per heavy atom. The van der Waals surface area contributed by atoms with E-state index in [-0.39, 0.29) is 5.56 Å². The van der Waals surface area contributed by atoms with Gasteiger partial charge < -0.3 is 5.32 Å². The first-order valence-corrected chi connectivity index (χ1v) is 8.00. The summed E-state index contributed by atoms with van der Waals surface area (Å²) < 4.78 is 26.1. The SMILES string of the molecule is O=C(NCN1CCC(c2ccccn2)CC1)c1ccc(F)c(F)c1. The summed E-state index contributed by atoms with van der Waals surface area (Å²) in [5, 5.41) is 2.75. The van der Waals surface area contributed by atoms with E-state index in [1.165, 1.54) is 6.07 Å². The Morgan fingerprint density at radius 3 is 2.62 bits per heavy atom. The second-order valence-electron chi connectivity index (χ2n) is 5.94. The number of hydrogen-bond acceptors (Lipinski definition) is 3. The van der Waals surface area contributed by atoms with E-state index in [2.05, 4.69) is 15.2 Å². The molecule has 1 aliphatic heterocycles. The molecule has 1 amide bonds. The molecule has 1 N–H and O–H groups in total. The fraction of sp³-hybridized carbons (Fsp3) is 0.333. The fourth-order valence-corrected chi connectivity index (χ4v) is 2.93. The highest BCUT2D eigenvalue weighted by Crippen LogP contribution is 2.25. The summed E-state index contributed by atoms with van der Waals surface area (Å²) >= 11 is 0. The fourth-order valence-electron chi connectivity index (χ4n) is 2.93. The summed E-state index contributed by atoms with van der Waals surface area (Å²) in [6.45, 7) is 2.12. The molecule has 2 heterocycles. The molecule has 24 heavy (non-hydrogen) atoms. The van der Waals surface area contributed by atoms with Gasteiger partial charge in [-0.2, -0.15) is 0 Å². The van der Waals surface area contributed by atoms with Crippen LogP contribution < -0.4 is 5.32 Å². The van der Waals surface area contributed by atoms with Gasteiger partial charge in [-0.15, -0.1) is 0 Å². The number of likely N-dealkylation sites (tertiary alicyclic amines) is 1. The number of nitrogens with one attached hydrogen (secondary N) is 1. The highest BCUT2D eigenvalue weighted by atomic mass is 19.2. The smallest absolute Gasteiger partial charge is 0.252 e. The van der Waals surface area contributed by atoms with E-state index in [4.69, 9.17) is 0 Å². The van der Waals surface area contributed by atoms with Crippen LogP contribution in [0.1, 0.15) is 34.8 Å². The summed E-state index contributed by atoms with van der Waals surface area (Å²) in [7, 11) is 0. The molecule has 0 unspecified atom stereocenters. The van der Waals surface area contributed by atoms with Crippen LogP contribution in [0.15, 0.2) is 42.6 Å². The van der Waals surface area contributed by atoms with Crippen molar-refractivity contribution in [2.75, 3.05) is 19.8 Å². The molecule has 6 heteroatoms. The van der Waals surface area contributed by atoms with E-state index in [1.807, 2.05) is 24.4 Å². The molecule has 0 saturated carbocycles. The number of benzene rings is 1. The number of amides is 1. The van der Waals surface area contributed by atoms with Crippen LogP contribution in [0.2, 0.25) is 0 Å². The van der Waals surface area contributed by atoms with Gasteiger partial charge in [0.2, 0.25) is 0 Å². The van der Waals surface area contributed by atoms with E-state index in [9.17, 15) is 13.6 Å². The van der Waals surface area contributed by atoms with Crippen LogP contribution in [0.5, 0.6) is 0 Å². The lowest BCUT2D eigenvalue weighted by atomic mass is 9.93. The van der Waals surface area contributed by atoms with Crippen molar-refractivity contribution in [2.45, 2.75) is 18.8 Å². The molecule has 3 rings (SSSR count). The number of carbonyl (C=O) groups is 1. The predicted octanol–water partition coefficient (Wildman–Crippen LogP) is 2.93. The first-order chi connectivity index (χ1) is 11.6. The summed E-state index contributed by atoms with van der Waals surface area (Å²) in [4.78, 5) is 18.5. The van der Waals surface area contributed by atoms with E-state index >= 15 is 0 Å². The number of rotatable bonds is 4. The average Bonchev–Trinajstić information content (AvgIpc) is 2.63. The third-order valence-electron chi connectivity index (χ3n) is 4.34. The molecule has 1 saturated heterocycles. The summed E-state index contributed by atoms with van der Waals surface area (Å²) in [6, 6.07) is 9.11. The largest absolute Gasteiger partial charge is 0.339 e. The van der Waals surface area contributed by atoms with E-state index in [0.29, 0.717) is 12.6 Å². The lowest BCUT2D eigenvalue weighted by molar-refractivity contribution is 0.0910. The third-order valence-corrected chi connectivity index (χ3v) is 4.34. The highest BCUT2D eigenvalue weighted by molar-refractivity contribution is 5.94. The lowest BCUT2D eigenvalue weighted by Crippen LogP contribution is -2.41. The number of carbonyl (C=O) groups excluding carboxylic acids is 1. The molecule has 0 spiro atoms. The Hall–Kier alpha value is -2.34. The van der Waals surface area contributed by atoms with Crippen LogP contribution in [-0.2, 0) is 0 Å². The van der Waals surface area contributed by atoms with Gasteiger partial charge in [-0.3, -0.25) is 14.7 Å². The van der Waals surface area contributed by atoms with Crippen LogP contribution in [0.25, 0.3) is 0 Å². The standard InChI is InChI=1S/C18H19F2N3O/c19-15-5-4-14(11-16(15)20)18(24)22-12-23-9-6-13(7-10-23)17-3-1-2-8-21-17/h1-5,8,11,13H,6-7,9-10,12H2,(H,22,24). The zero-order valence-electron chi connectivity index (χ0n) is 13.2. The van der Waals surface area contributed by atoms with E-state index < -0.39 is 17.5 Å². The minimum Gasteiger partial charge on any atom is -0.339 e. The van der Waals surface area contributed by atoms with E-state index in [1.54, 1.807) is 0 Å². The van der Waals surface area contributed by atoms with Crippen molar-refractivity contribution >= 4 is 5.91 Å². The van der Waals surface area contributed by atoms with Gasteiger partial charge in [-0.05, 0) is 43.2 Å². The van der Waals surface area contributed by atoms with E-state index in [0.717, 1.165) is 43.8 Å². The Kier molecular flexibility index (Phi) is 5.15. The first-order valence-electron chi connectivity index (χ1n) is 8.00. The number of pyridine rings is 1. The van der Waals surface area contributed by atoms with Gasteiger partial charge in [-0.1, -0.05) is 6.07 Å². The molecule has 0 atom stereocenters. The minimum atomic E-state index is -1.01. The quantitative estimate of drug-likeness (QED) is 0.937. The van der Waals surface area contributed by atoms with Gasteiger partial charge in [0.1, 0.15) is 0 Å². The molecule has 126 valence electrons. The summed E-state index contributed by atoms with van der Waals surface area (Å²) in [5.74, 6) is -1.92. The van der Waals surface area contributed by atoms with Gasteiger partial charge in [0, 0.05) is 36.5 Å². The van der Waals surface area contributed by atoms with Crippen molar-refractivity contribution in [1.29, 1.82) is 0 Å². The Bertz CT molecular complexity index is 701. The van der Waals surface area contributed by atoms with Crippen molar-refractivity contribution in [3.8, 4) is 0 Å². The van der Waals surface area contributed by atoms with Gasteiger partial charge in [0.15, 0.2) is 11.6 Å². The van der Waals surface area contributed by atoms with Crippen molar-refractivity contribution in [2.24, 2.45) is 0 Å². The summed E-state index contributed by atoms with van der Waals surface area (Å²) in [6.07, 6.45) is 3.78. The maximum absolute atomic E-state index is 13.2. The maximum atomic E-state index is 13.2. The Labute approximate surface area is 139 Å². The van der Waals surface area contributed by atoms with Crippen molar-refractivity contribution in [3.63, 3.8) is 0 Å². The zero-order chi connectivity index (χ0) is 16.9. The second kappa shape index (κ2) is 7.49.